The zero-order valence-corrected chi connectivity index (χ0v) is 14.7. The lowest BCUT2D eigenvalue weighted by Gasteiger charge is -2.37. The molecule has 2 unspecified atom stereocenters. The summed E-state index contributed by atoms with van der Waals surface area (Å²) in [6.07, 6.45) is 2.13. The number of rotatable bonds is 4. The number of carbonyl (C=O) groups is 2. The maximum absolute atomic E-state index is 13.0. The Kier molecular flexibility index (Phi) is 4.70. The molecule has 0 spiro atoms. The Morgan fingerprint density at radius 2 is 2.08 bits per heavy atom. The fourth-order valence-electron chi connectivity index (χ4n) is 3.41. The Balaban J connectivity index is 1.92. The van der Waals surface area contributed by atoms with E-state index < -0.39 is 5.97 Å². The van der Waals surface area contributed by atoms with Crippen molar-refractivity contribution in [3.05, 3.63) is 46.8 Å². The number of aryl methyl sites for hydroxylation is 2. The van der Waals surface area contributed by atoms with Gasteiger partial charge in [0.25, 0.3) is 5.91 Å². The molecule has 0 radical (unpaired) electrons. The number of hydrogen-bond donors (Lipinski definition) is 1. The number of nitrogens with zero attached hydrogens (tertiary/aromatic N) is 1. The maximum atomic E-state index is 13.0. The van der Waals surface area contributed by atoms with Crippen LogP contribution >= 0.6 is 0 Å². The summed E-state index contributed by atoms with van der Waals surface area (Å²) in [5.41, 5.74) is 0.0571. The van der Waals surface area contributed by atoms with E-state index in [2.05, 4.69) is 6.92 Å². The van der Waals surface area contributed by atoms with E-state index in [1.165, 1.54) is 6.07 Å². The molecule has 0 saturated carbocycles. The summed E-state index contributed by atoms with van der Waals surface area (Å²) in [5.74, 6) is 1.09. The highest BCUT2D eigenvalue weighted by molar-refractivity contribution is 5.96. The van der Waals surface area contributed by atoms with Gasteiger partial charge in [-0.3, -0.25) is 4.79 Å². The maximum Gasteiger partial charge on any atom is 0.339 e. The molecule has 1 saturated heterocycles. The highest BCUT2D eigenvalue weighted by Gasteiger charge is 2.35. The van der Waals surface area contributed by atoms with Crippen LogP contribution in [0.2, 0.25) is 0 Å². The van der Waals surface area contributed by atoms with Gasteiger partial charge in [0, 0.05) is 19.0 Å². The third-order valence-corrected chi connectivity index (χ3v) is 4.79. The third-order valence-electron chi connectivity index (χ3n) is 4.79. The van der Waals surface area contributed by atoms with Gasteiger partial charge in [-0.25, -0.2) is 4.79 Å². The van der Waals surface area contributed by atoms with E-state index in [0.29, 0.717) is 24.6 Å². The van der Waals surface area contributed by atoms with Crippen LogP contribution in [-0.2, 0) is 6.42 Å². The van der Waals surface area contributed by atoms with Crippen LogP contribution in [0, 0.1) is 12.8 Å². The van der Waals surface area contributed by atoms with E-state index in [-0.39, 0.29) is 23.3 Å². The van der Waals surface area contributed by atoms with Crippen LogP contribution in [0.4, 0.5) is 0 Å². The van der Waals surface area contributed by atoms with Crippen molar-refractivity contribution in [3.63, 3.8) is 0 Å². The van der Waals surface area contributed by atoms with Crippen LogP contribution in [0.5, 0.6) is 0 Å². The summed E-state index contributed by atoms with van der Waals surface area (Å²) in [4.78, 5) is 26.1. The largest absolute Gasteiger partial charge is 0.478 e. The third kappa shape index (κ3) is 3.34. The van der Waals surface area contributed by atoms with Crippen molar-refractivity contribution in [1.82, 2.24) is 4.90 Å². The molecule has 1 aliphatic heterocycles. The molecule has 6 heteroatoms. The van der Waals surface area contributed by atoms with Crippen LogP contribution in [0.3, 0.4) is 0 Å². The second-order valence-corrected chi connectivity index (χ2v) is 6.70. The van der Waals surface area contributed by atoms with Gasteiger partial charge in [0.2, 0.25) is 0 Å². The second kappa shape index (κ2) is 6.78. The zero-order chi connectivity index (χ0) is 18.1. The molecule has 1 aliphatic rings. The molecular formula is C19H23NO5. The standard InChI is InChI=1S/C19H23NO5/c1-4-15-13(19(22)23)10-17(25-15)18(21)20-8-7-11(2)9-14(20)16-6-5-12(3)24-16/h5-6,10-11,14H,4,7-9H2,1-3H3,(H,22,23). The Morgan fingerprint density at radius 3 is 2.64 bits per heavy atom. The molecule has 0 aromatic carbocycles. The van der Waals surface area contributed by atoms with Gasteiger partial charge in [-0.05, 0) is 37.8 Å². The second-order valence-electron chi connectivity index (χ2n) is 6.70. The normalized spacial score (nSPS) is 20.7. The summed E-state index contributed by atoms with van der Waals surface area (Å²) in [5, 5.41) is 9.27. The van der Waals surface area contributed by atoms with Crippen LogP contribution < -0.4 is 0 Å². The van der Waals surface area contributed by atoms with Crippen LogP contribution in [0.1, 0.15) is 70.9 Å². The molecule has 0 aliphatic carbocycles. The van der Waals surface area contributed by atoms with Gasteiger partial charge in [0.1, 0.15) is 22.8 Å². The molecule has 25 heavy (non-hydrogen) atoms. The number of likely N-dealkylation sites (tertiary alicyclic amines) is 1. The molecule has 2 aromatic heterocycles. The first kappa shape index (κ1) is 17.3. The van der Waals surface area contributed by atoms with E-state index in [9.17, 15) is 14.7 Å². The first-order valence-electron chi connectivity index (χ1n) is 8.64. The molecule has 1 amide bonds. The molecule has 3 rings (SSSR count). The lowest BCUT2D eigenvalue weighted by atomic mass is 9.91. The molecule has 3 heterocycles. The first-order valence-corrected chi connectivity index (χ1v) is 8.64. The van der Waals surface area contributed by atoms with E-state index in [1.54, 1.807) is 11.8 Å². The number of piperidine rings is 1. The summed E-state index contributed by atoms with van der Waals surface area (Å²) >= 11 is 0. The molecule has 1 fully saturated rings. The fraction of sp³-hybridized carbons (Fsp3) is 0.474. The lowest BCUT2D eigenvalue weighted by Crippen LogP contribution is -2.40. The minimum Gasteiger partial charge on any atom is -0.478 e. The quantitative estimate of drug-likeness (QED) is 0.903. The van der Waals surface area contributed by atoms with Gasteiger partial charge in [-0.1, -0.05) is 13.8 Å². The zero-order valence-electron chi connectivity index (χ0n) is 14.7. The molecular weight excluding hydrogens is 322 g/mol. The number of aromatic carboxylic acids is 1. The number of amides is 1. The van der Waals surface area contributed by atoms with Gasteiger partial charge in [-0.15, -0.1) is 0 Å². The smallest absolute Gasteiger partial charge is 0.339 e. The molecule has 2 atom stereocenters. The highest BCUT2D eigenvalue weighted by atomic mass is 16.4. The summed E-state index contributed by atoms with van der Waals surface area (Å²) in [6, 6.07) is 4.97. The van der Waals surface area contributed by atoms with E-state index in [0.717, 1.165) is 24.4 Å². The number of carboxylic acid groups (broad SMARTS) is 1. The van der Waals surface area contributed by atoms with E-state index in [4.69, 9.17) is 8.83 Å². The van der Waals surface area contributed by atoms with Crippen molar-refractivity contribution in [2.24, 2.45) is 5.92 Å². The van der Waals surface area contributed by atoms with Crippen LogP contribution in [0.15, 0.2) is 27.0 Å². The summed E-state index contributed by atoms with van der Waals surface area (Å²) in [7, 11) is 0. The Hall–Kier alpha value is -2.50. The molecule has 134 valence electrons. The average molecular weight is 345 g/mol. The van der Waals surface area contributed by atoms with E-state index in [1.807, 2.05) is 19.1 Å². The molecule has 2 aromatic rings. The number of carbonyl (C=O) groups excluding carboxylic acids is 1. The van der Waals surface area contributed by atoms with Gasteiger partial charge in [0.15, 0.2) is 5.76 Å². The van der Waals surface area contributed by atoms with Crippen molar-refractivity contribution in [2.45, 2.75) is 46.1 Å². The van der Waals surface area contributed by atoms with Crippen LogP contribution in [0.25, 0.3) is 0 Å². The Morgan fingerprint density at radius 1 is 1.32 bits per heavy atom. The highest BCUT2D eigenvalue weighted by Crippen LogP contribution is 2.36. The lowest BCUT2D eigenvalue weighted by molar-refractivity contribution is 0.0486. The van der Waals surface area contributed by atoms with E-state index >= 15 is 0 Å². The van der Waals surface area contributed by atoms with Crippen molar-refractivity contribution < 1.29 is 23.5 Å². The average Bonchev–Trinajstić information content (AvgIpc) is 3.20. The Bertz CT molecular complexity index is 788. The molecule has 6 nitrogen and oxygen atoms in total. The number of carboxylic acids is 1. The topological polar surface area (TPSA) is 83.9 Å². The summed E-state index contributed by atoms with van der Waals surface area (Å²) in [6.45, 7) is 6.43. The monoisotopic (exact) mass is 345 g/mol. The Labute approximate surface area is 146 Å². The van der Waals surface area contributed by atoms with Gasteiger partial charge < -0.3 is 18.8 Å². The van der Waals surface area contributed by atoms with Gasteiger partial charge in [0.05, 0.1) is 6.04 Å². The molecule has 1 N–H and O–H groups in total. The minimum absolute atomic E-state index is 0.0571. The molecule has 0 bridgehead atoms. The SMILES string of the molecule is CCc1oc(C(=O)N2CCC(C)CC2c2ccc(C)o2)cc1C(=O)O. The predicted octanol–water partition coefficient (Wildman–Crippen LogP) is 4.06. The van der Waals surface area contributed by atoms with Gasteiger partial charge >= 0.3 is 5.97 Å². The van der Waals surface area contributed by atoms with Crippen molar-refractivity contribution in [2.75, 3.05) is 6.54 Å². The number of furan rings is 2. The first-order chi connectivity index (χ1) is 11.9. The number of hydrogen-bond acceptors (Lipinski definition) is 4. The van der Waals surface area contributed by atoms with Crippen molar-refractivity contribution in [3.8, 4) is 0 Å². The predicted molar refractivity (Wildman–Crippen MR) is 90.7 cm³/mol. The fourth-order valence-corrected chi connectivity index (χ4v) is 3.41. The summed E-state index contributed by atoms with van der Waals surface area (Å²) < 4.78 is 11.3. The van der Waals surface area contributed by atoms with Crippen molar-refractivity contribution in [1.29, 1.82) is 0 Å². The van der Waals surface area contributed by atoms with Crippen LogP contribution in [-0.4, -0.2) is 28.4 Å². The van der Waals surface area contributed by atoms with Gasteiger partial charge in [-0.2, -0.15) is 0 Å². The minimum atomic E-state index is -1.08. The van der Waals surface area contributed by atoms with Crippen molar-refractivity contribution >= 4 is 11.9 Å².